The third-order valence-corrected chi connectivity index (χ3v) is 2.11. The van der Waals surface area contributed by atoms with Gasteiger partial charge < -0.3 is 10.6 Å². The molecule has 0 unspecified atom stereocenters. The van der Waals surface area contributed by atoms with Crippen LogP contribution in [0.2, 0.25) is 0 Å². The van der Waals surface area contributed by atoms with E-state index in [4.69, 9.17) is 0 Å². The highest BCUT2D eigenvalue weighted by Crippen LogP contribution is 2.11. The molecule has 5 heteroatoms. The molecule has 0 atom stereocenters. The van der Waals surface area contributed by atoms with Crippen LogP contribution in [0.1, 0.15) is 5.69 Å². The highest BCUT2D eigenvalue weighted by Gasteiger charge is 1.99. The molecule has 2 rings (SSSR count). The van der Waals surface area contributed by atoms with Crippen molar-refractivity contribution in [3.8, 4) is 0 Å². The predicted octanol–water partition coefficient (Wildman–Crippen LogP) is 1.47. The molecule has 2 aromatic rings. The van der Waals surface area contributed by atoms with Gasteiger partial charge in [0.25, 0.3) is 0 Å². The Morgan fingerprint density at radius 2 is 2.00 bits per heavy atom. The summed E-state index contributed by atoms with van der Waals surface area (Å²) >= 11 is 0. The SMILES string of the molecule is O=CNCc1ccnc(Nc2ccccc2)n1. The maximum Gasteiger partial charge on any atom is 0.227 e. The molecule has 0 fully saturated rings. The standard InChI is InChI=1S/C12H12N4O/c17-9-13-8-11-6-7-14-12(16-11)15-10-4-2-1-3-5-10/h1-7,9H,8H2,(H,13,17)(H,14,15,16). The van der Waals surface area contributed by atoms with Crippen LogP contribution >= 0.6 is 0 Å². The van der Waals surface area contributed by atoms with Crippen molar-refractivity contribution in [3.63, 3.8) is 0 Å². The van der Waals surface area contributed by atoms with Gasteiger partial charge in [-0.1, -0.05) is 18.2 Å². The predicted molar refractivity (Wildman–Crippen MR) is 64.7 cm³/mol. The van der Waals surface area contributed by atoms with Crippen LogP contribution in [-0.4, -0.2) is 16.4 Å². The zero-order valence-corrected chi connectivity index (χ0v) is 9.13. The lowest BCUT2D eigenvalue weighted by molar-refractivity contribution is -0.109. The minimum atomic E-state index is 0.398. The van der Waals surface area contributed by atoms with Gasteiger partial charge in [0.2, 0.25) is 12.4 Å². The minimum Gasteiger partial charge on any atom is -0.353 e. The zero-order chi connectivity index (χ0) is 11.9. The molecule has 1 heterocycles. The van der Waals surface area contributed by atoms with E-state index in [2.05, 4.69) is 20.6 Å². The Balaban J connectivity index is 2.08. The van der Waals surface area contributed by atoms with Crippen molar-refractivity contribution in [1.82, 2.24) is 15.3 Å². The fourth-order valence-corrected chi connectivity index (χ4v) is 1.35. The van der Waals surface area contributed by atoms with Gasteiger partial charge in [-0.2, -0.15) is 0 Å². The first-order valence-corrected chi connectivity index (χ1v) is 5.19. The average molecular weight is 228 g/mol. The summed E-state index contributed by atoms with van der Waals surface area (Å²) < 4.78 is 0. The number of anilines is 2. The third-order valence-electron chi connectivity index (χ3n) is 2.11. The van der Waals surface area contributed by atoms with Gasteiger partial charge in [-0.25, -0.2) is 9.97 Å². The summed E-state index contributed by atoms with van der Waals surface area (Å²) in [5.41, 5.74) is 1.68. The fraction of sp³-hybridized carbons (Fsp3) is 0.0833. The molecule has 0 bridgehead atoms. The lowest BCUT2D eigenvalue weighted by atomic mass is 10.3. The molecule has 1 amide bonds. The molecule has 17 heavy (non-hydrogen) atoms. The van der Waals surface area contributed by atoms with Crippen LogP contribution in [-0.2, 0) is 11.3 Å². The Bertz CT molecular complexity index is 487. The number of carbonyl (C=O) groups is 1. The number of benzene rings is 1. The van der Waals surface area contributed by atoms with Crippen LogP contribution < -0.4 is 10.6 Å². The van der Waals surface area contributed by atoms with E-state index in [0.29, 0.717) is 18.9 Å². The highest BCUT2D eigenvalue weighted by atomic mass is 16.1. The molecule has 86 valence electrons. The van der Waals surface area contributed by atoms with Crippen LogP contribution in [0.15, 0.2) is 42.6 Å². The number of para-hydroxylation sites is 1. The van der Waals surface area contributed by atoms with Gasteiger partial charge >= 0.3 is 0 Å². The molecular formula is C12H12N4O. The van der Waals surface area contributed by atoms with Crippen molar-refractivity contribution in [2.45, 2.75) is 6.54 Å². The number of amides is 1. The Kier molecular flexibility index (Phi) is 3.64. The molecule has 2 N–H and O–H groups in total. The van der Waals surface area contributed by atoms with Gasteiger partial charge in [0, 0.05) is 11.9 Å². The maximum absolute atomic E-state index is 10.2. The number of hydrogen-bond donors (Lipinski definition) is 2. The Morgan fingerprint density at radius 1 is 1.18 bits per heavy atom. The van der Waals surface area contributed by atoms with Crippen molar-refractivity contribution in [2.75, 3.05) is 5.32 Å². The summed E-state index contributed by atoms with van der Waals surface area (Å²) in [6.07, 6.45) is 2.30. The summed E-state index contributed by atoms with van der Waals surface area (Å²) in [7, 11) is 0. The largest absolute Gasteiger partial charge is 0.353 e. The van der Waals surface area contributed by atoms with Crippen molar-refractivity contribution < 1.29 is 4.79 Å². The van der Waals surface area contributed by atoms with Gasteiger partial charge in [-0.05, 0) is 18.2 Å². The topological polar surface area (TPSA) is 66.9 Å². The third kappa shape index (κ3) is 3.27. The fourth-order valence-electron chi connectivity index (χ4n) is 1.35. The second-order valence-corrected chi connectivity index (χ2v) is 3.36. The number of hydrogen-bond acceptors (Lipinski definition) is 4. The molecule has 0 saturated heterocycles. The second kappa shape index (κ2) is 5.60. The Morgan fingerprint density at radius 3 is 2.76 bits per heavy atom. The molecule has 1 aromatic carbocycles. The summed E-state index contributed by atoms with van der Waals surface area (Å²) in [6.45, 7) is 0.398. The highest BCUT2D eigenvalue weighted by molar-refractivity contribution is 5.52. The molecule has 0 radical (unpaired) electrons. The number of rotatable bonds is 5. The summed E-state index contributed by atoms with van der Waals surface area (Å²) in [4.78, 5) is 18.6. The van der Waals surface area contributed by atoms with Gasteiger partial charge in [0.15, 0.2) is 0 Å². The van der Waals surface area contributed by atoms with Crippen molar-refractivity contribution >= 4 is 18.0 Å². The van der Waals surface area contributed by atoms with Crippen molar-refractivity contribution in [2.24, 2.45) is 0 Å². The van der Waals surface area contributed by atoms with E-state index in [9.17, 15) is 4.79 Å². The molecule has 0 aliphatic carbocycles. The number of nitrogens with zero attached hydrogens (tertiary/aromatic N) is 2. The lowest BCUT2D eigenvalue weighted by Crippen LogP contribution is -2.11. The number of nitrogens with one attached hydrogen (secondary N) is 2. The van der Waals surface area contributed by atoms with Gasteiger partial charge in [0.1, 0.15) is 0 Å². The van der Waals surface area contributed by atoms with Gasteiger partial charge in [-0.15, -0.1) is 0 Å². The molecule has 5 nitrogen and oxygen atoms in total. The van der Waals surface area contributed by atoms with E-state index in [1.165, 1.54) is 0 Å². The molecule has 1 aromatic heterocycles. The average Bonchev–Trinajstić information content (AvgIpc) is 2.38. The Labute approximate surface area is 98.9 Å². The molecule has 0 saturated carbocycles. The van der Waals surface area contributed by atoms with E-state index in [-0.39, 0.29) is 0 Å². The lowest BCUT2D eigenvalue weighted by Gasteiger charge is -2.05. The maximum atomic E-state index is 10.2. The monoisotopic (exact) mass is 228 g/mol. The summed E-state index contributed by atoms with van der Waals surface area (Å²) in [6, 6.07) is 11.4. The van der Waals surface area contributed by atoms with E-state index in [1.54, 1.807) is 12.3 Å². The van der Waals surface area contributed by atoms with E-state index < -0.39 is 0 Å². The zero-order valence-electron chi connectivity index (χ0n) is 9.13. The van der Waals surface area contributed by atoms with Crippen LogP contribution in [0.3, 0.4) is 0 Å². The van der Waals surface area contributed by atoms with Crippen molar-refractivity contribution in [3.05, 3.63) is 48.3 Å². The van der Waals surface area contributed by atoms with E-state index in [0.717, 1.165) is 11.4 Å². The van der Waals surface area contributed by atoms with Gasteiger partial charge in [0.05, 0.1) is 12.2 Å². The van der Waals surface area contributed by atoms with Crippen LogP contribution in [0.25, 0.3) is 0 Å². The second-order valence-electron chi connectivity index (χ2n) is 3.36. The van der Waals surface area contributed by atoms with Crippen LogP contribution in [0.5, 0.6) is 0 Å². The van der Waals surface area contributed by atoms with Crippen LogP contribution in [0, 0.1) is 0 Å². The number of carbonyl (C=O) groups excluding carboxylic acids is 1. The minimum absolute atomic E-state index is 0.398. The quantitative estimate of drug-likeness (QED) is 0.760. The first kappa shape index (κ1) is 11.1. The van der Waals surface area contributed by atoms with Gasteiger partial charge in [-0.3, -0.25) is 4.79 Å². The van der Waals surface area contributed by atoms with E-state index in [1.807, 2.05) is 30.3 Å². The van der Waals surface area contributed by atoms with Crippen molar-refractivity contribution in [1.29, 1.82) is 0 Å². The van der Waals surface area contributed by atoms with E-state index >= 15 is 0 Å². The summed E-state index contributed by atoms with van der Waals surface area (Å²) in [5, 5.41) is 5.64. The Hall–Kier alpha value is -2.43. The molecular weight excluding hydrogens is 216 g/mol. The first-order chi connectivity index (χ1) is 8.38. The normalized spacial score (nSPS) is 9.65. The number of aromatic nitrogens is 2. The summed E-state index contributed by atoms with van der Waals surface area (Å²) in [5.74, 6) is 0.515. The molecule has 0 spiro atoms. The van der Waals surface area contributed by atoms with Crippen LogP contribution in [0.4, 0.5) is 11.6 Å². The first-order valence-electron chi connectivity index (χ1n) is 5.19. The molecule has 0 aliphatic rings. The molecule has 0 aliphatic heterocycles. The smallest absolute Gasteiger partial charge is 0.227 e.